The van der Waals surface area contributed by atoms with E-state index in [9.17, 15) is 0 Å². The van der Waals surface area contributed by atoms with Gasteiger partial charge in [-0.25, -0.2) is 0 Å². The second kappa shape index (κ2) is 6.70. The van der Waals surface area contributed by atoms with E-state index in [0.29, 0.717) is 10.0 Å². The first-order chi connectivity index (χ1) is 9.52. The van der Waals surface area contributed by atoms with E-state index >= 15 is 0 Å². The third kappa shape index (κ3) is 3.40. The maximum atomic E-state index is 6.18. The van der Waals surface area contributed by atoms with Crippen molar-refractivity contribution in [2.75, 3.05) is 12.4 Å². The average molecular weight is 375 g/mol. The van der Waals surface area contributed by atoms with Gasteiger partial charge in [0, 0.05) is 6.04 Å². The molecule has 0 saturated carbocycles. The maximum absolute atomic E-state index is 6.18. The Hall–Kier alpha value is -0.900. The first-order valence-electron chi connectivity index (χ1n) is 6.07. The predicted octanol–water partition coefficient (Wildman–Crippen LogP) is 5.94. The Kier molecular flexibility index (Phi) is 5.19. The minimum absolute atomic E-state index is 0.0909. The lowest BCUT2D eigenvalue weighted by molar-refractivity contribution is 0.412. The molecule has 20 heavy (non-hydrogen) atoms. The van der Waals surface area contributed by atoms with Gasteiger partial charge in [-0.05, 0) is 52.7 Å². The minimum atomic E-state index is 0.0909. The standard InChI is InChI=1S/C15H14BrCl2NO/c1-9(10-6-7-14(20-2)11(16)8-10)19-13-5-3-4-12(17)15(13)18/h3-9,19H,1-2H3. The third-order valence-electron chi connectivity index (χ3n) is 3.00. The summed E-state index contributed by atoms with van der Waals surface area (Å²) in [5.74, 6) is 0.807. The summed E-state index contributed by atoms with van der Waals surface area (Å²) in [6, 6.07) is 11.6. The molecule has 1 atom stereocenters. The minimum Gasteiger partial charge on any atom is -0.496 e. The molecule has 2 aromatic carbocycles. The molecule has 0 amide bonds. The number of methoxy groups -OCH3 is 1. The zero-order chi connectivity index (χ0) is 14.7. The Labute approximate surface area is 137 Å². The predicted molar refractivity (Wildman–Crippen MR) is 89.2 cm³/mol. The van der Waals surface area contributed by atoms with Crippen molar-refractivity contribution in [3.63, 3.8) is 0 Å². The maximum Gasteiger partial charge on any atom is 0.133 e. The highest BCUT2D eigenvalue weighted by Crippen LogP contribution is 2.33. The van der Waals surface area contributed by atoms with E-state index in [1.165, 1.54) is 0 Å². The smallest absolute Gasteiger partial charge is 0.133 e. The molecule has 1 unspecified atom stereocenters. The number of ether oxygens (including phenoxy) is 1. The molecule has 0 fully saturated rings. The van der Waals surface area contributed by atoms with Crippen LogP contribution in [0.5, 0.6) is 5.75 Å². The van der Waals surface area contributed by atoms with Crippen LogP contribution in [0.1, 0.15) is 18.5 Å². The van der Waals surface area contributed by atoms with Gasteiger partial charge in [-0.2, -0.15) is 0 Å². The lowest BCUT2D eigenvalue weighted by atomic mass is 10.1. The van der Waals surface area contributed by atoms with Gasteiger partial charge in [0.1, 0.15) is 5.75 Å². The molecule has 106 valence electrons. The summed E-state index contributed by atoms with van der Waals surface area (Å²) in [6.45, 7) is 2.06. The van der Waals surface area contributed by atoms with Gasteiger partial charge in [0.25, 0.3) is 0 Å². The largest absolute Gasteiger partial charge is 0.496 e. The number of rotatable bonds is 4. The molecule has 2 nitrogen and oxygen atoms in total. The van der Waals surface area contributed by atoms with Crippen LogP contribution in [0.15, 0.2) is 40.9 Å². The van der Waals surface area contributed by atoms with Crippen LogP contribution in [0.2, 0.25) is 10.0 Å². The van der Waals surface area contributed by atoms with Crippen LogP contribution in [-0.4, -0.2) is 7.11 Å². The van der Waals surface area contributed by atoms with Crippen LogP contribution in [0.25, 0.3) is 0 Å². The number of hydrogen-bond acceptors (Lipinski definition) is 2. The Balaban J connectivity index is 2.21. The molecule has 0 aliphatic heterocycles. The van der Waals surface area contributed by atoms with Crippen molar-refractivity contribution in [3.8, 4) is 5.75 Å². The molecule has 0 aromatic heterocycles. The van der Waals surface area contributed by atoms with E-state index in [1.807, 2.05) is 30.3 Å². The lowest BCUT2D eigenvalue weighted by Crippen LogP contribution is -2.07. The molecule has 0 bridgehead atoms. The van der Waals surface area contributed by atoms with Gasteiger partial charge >= 0.3 is 0 Å². The molecule has 1 N–H and O–H groups in total. The average Bonchev–Trinajstić information content (AvgIpc) is 2.43. The Bertz CT molecular complexity index is 619. The Morgan fingerprint density at radius 2 is 1.95 bits per heavy atom. The number of anilines is 1. The second-order valence-electron chi connectivity index (χ2n) is 4.36. The molecular formula is C15H14BrCl2NO. The van der Waals surface area contributed by atoms with E-state index < -0.39 is 0 Å². The molecule has 0 aliphatic rings. The van der Waals surface area contributed by atoms with E-state index in [4.69, 9.17) is 27.9 Å². The number of halogens is 3. The van der Waals surface area contributed by atoms with Gasteiger partial charge < -0.3 is 10.1 Å². The second-order valence-corrected chi connectivity index (χ2v) is 6.00. The van der Waals surface area contributed by atoms with Crippen LogP contribution in [0.4, 0.5) is 5.69 Å². The summed E-state index contributed by atoms with van der Waals surface area (Å²) < 4.78 is 6.15. The number of benzene rings is 2. The van der Waals surface area contributed by atoms with Crippen molar-refractivity contribution in [3.05, 3.63) is 56.5 Å². The normalized spacial score (nSPS) is 12.1. The monoisotopic (exact) mass is 373 g/mol. The summed E-state index contributed by atoms with van der Waals surface area (Å²) in [6.07, 6.45) is 0. The first kappa shape index (κ1) is 15.5. The first-order valence-corrected chi connectivity index (χ1v) is 7.61. The van der Waals surface area contributed by atoms with Gasteiger partial charge in [0.15, 0.2) is 0 Å². The highest BCUT2D eigenvalue weighted by atomic mass is 79.9. The van der Waals surface area contributed by atoms with Crippen LogP contribution >= 0.6 is 39.1 Å². The SMILES string of the molecule is COc1ccc(C(C)Nc2cccc(Cl)c2Cl)cc1Br. The molecule has 0 heterocycles. The molecule has 0 saturated heterocycles. The van der Waals surface area contributed by atoms with Crippen molar-refractivity contribution in [1.29, 1.82) is 0 Å². The molecule has 2 rings (SSSR count). The quantitative estimate of drug-likeness (QED) is 0.715. The van der Waals surface area contributed by atoms with E-state index in [2.05, 4.69) is 28.2 Å². The van der Waals surface area contributed by atoms with Crippen LogP contribution in [0, 0.1) is 0 Å². The summed E-state index contributed by atoms with van der Waals surface area (Å²) in [7, 11) is 1.65. The van der Waals surface area contributed by atoms with Gasteiger partial charge in [-0.15, -0.1) is 0 Å². The van der Waals surface area contributed by atoms with E-state index in [-0.39, 0.29) is 6.04 Å². The molecular weight excluding hydrogens is 361 g/mol. The van der Waals surface area contributed by atoms with Crippen molar-refractivity contribution in [1.82, 2.24) is 0 Å². The molecule has 5 heteroatoms. The molecule has 0 aliphatic carbocycles. The fraction of sp³-hybridized carbons (Fsp3) is 0.200. The number of hydrogen-bond donors (Lipinski definition) is 1. The van der Waals surface area contributed by atoms with Crippen LogP contribution in [-0.2, 0) is 0 Å². The highest BCUT2D eigenvalue weighted by Gasteiger charge is 2.11. The van der Waals surface area contributed by atoms with Crippen molar-refractivity contribution >= 4 is 44.8 Å². The summed E-state index contributed by atoms with van der Waals surface area (Å²) >= 11 is 15.7. The zero-order valence-electron chi connectivity index (χ0n) is 11.1. The highest BCUT2D eigenvalue weighted by molar-refractivity contribution is 9.10. The Morgan fingerprint density at radius 1 is 1.20 bits per heavy atom. The van der Waals surface area contributed by atoms with Crippen molar-refractivity contribution < 1.29 is 4.74 Å². The topological polar surface area (TPSA) is 21.3 Å². The summed E-state index contributed by atoms with van der Waals surface area (Å²) in [4.78, 5) is 0. The Morgan fingerprint density at radius 3 is 2.60 bits per heavy atom. The van der Waals surface area contributed by atoms with Crippen molar-refractivity contribution in [2.24, 2.45) is 0 Å². The number of nitrogens with one attached hydrogen (secondary N) is 1. The molecule has 0 spiro atoms. The van der Waals surface area contributed by atoms with Crippen LogP contribution in [0.3, 0.4) is 0 Å². The van der Waals surface area contributed by atoms with Gasteiger partial charge in [-0.1, -0.05) is 35.3 Å². The van der Waals surface area contributed by atoms with Gasteiger partial charge in [-0.3, -0.25) is 0 Å². The summed E-state index contributed by atoms with van der Waals surface area (Å²) in [5.41, 5.74) is 1.94. The van der Waals surface area contributed by atoms with Gasteiger partial charge in [0.2, 0.25) is 0 Å². The fourth-order valence-electron chi connectivity index (χ4n) is 1.88. The fourth-order valence-corrected chi connectivity index (χ4v) is 2.80. The van der Waals surface area contributed by atoms with Crippen molar-refractivity contribution in [2.45, 2.75) is 13.0 Å². The van der Waals surface area contributed by atoms with E-state index in [1.54, 1.807) is 13.2 Å². The van der Waals surface area contributed by atoms with E-state index in [0.717, 1.165) is 21.5 Å². The summed E-state index contributed by atoms with van der Waals surface area (Å²) in [5, 5.41) is 4.43. The van der Waals surface area contributed by atoms with Gasteiger partial charge in [0.05, 0.1) is 27.3 Å². The zero-order valence-corrected chi connectivity index (χ0v) is 14.2. The molecule has 0 radical (unpaired) electrons. The molecule has 2 aromatic rings. The van der Waals surface area contributed by atoms with Crippen LogP contribution < -0.4 is 10.1 Å². The lowest BCUT2D eigenvalue weighted by Gasteiger charge is -2.18. The third-order valence-corrected chi connectivity index (χ3v) is 4.44.